The summed E-state index contributed by atoms with van der Waals surface area (Å²) >= 11 is 0. The Morgan fingerprint density at radius 2 is 1.55 bits per heavy atom. The van der Waals surface area contributed by atoms with Crippen molar-refractivity contribution in [3.05, 3.63) is 12.2 Å². The summed E-state index contributed by atoms with van der Waals surface area (Å²) in [6.45, 7) is 30.5. The summed E-state index contributed by atoms with van der Waals surface area (Å²) in [4.78, 5) is 12.2. The molecular weight excluding hydrogens is 561 g/mol. The predicted octanol–water partition coefficient (Wildman–Crippen LogP) is 9.97. The number of carbonyl (C=O) groups is 1. The third kappa shape index (κ3) is 4.15. The van der Waals surface area contributed by atoms with Gasteiger partial charge in [-0.1, -0.05) is 68.9 Å². The van der Waals surface area contributed by atoms with E-state index in [0.29, 0.717) is 34.0 Å². The molecule has 1 unspecified atom stereocenters. The molecule has 0 aromatic heterocycles. The van der Waals surface area contributed by atoms with Gasteiger partial charge in [0.2, 0.25) is 0 Å². The van der Waals surface area contributed by atoms with Crippen LogP contribution in [0.5, 0.6) is 0 Å². The van der Waals surface area contributed by atoms with E-state index in [-0.39, 0.29) is 35.1 Å². The van der Waals surface area contributed by atoms with Crippen molar-refractivity contribution < 1.29 is 18.7 Å². The van der Waals surface area contributed by atoms with E-state index >= 15 is 0 Å². The zero-order valence-electron chi connectivity index (χ0n) is 30.3. The fourth-order valence-electron chi connectivity index (χ4n) is 13.8. The Kier molecular flexibility index (Phi) is 8.07. The molecule has 6 rings (SSSR count). The van der Waals surface area contributed by atoms with Crippen LogP contribution in [0.15, 0.2) is 12.2 Å². The number of hydrogen-bond acceptors (Lipinski definition) is 4. The molecule has 0 N–H and O–H groups in total. The van der Waals surface area contributed by atoms with Gasteiger partial charge in [0.15, 0.2) is 8.32 Å². The van der Waals surface area contributed by atoms with Crippen molar-refractivity contribution in [1.82, 2.24) is 0 Å². The summed E-state index contributed by atoms with van der Waals surface area (Å²) in [6.07, 6.45) is 10.2. The van der Waals surface area contributed by atoms with Crippen LogP contribution in [0.4, 0.5) is 0 Å². The number of fused-ring (bicyclic) bond motifs is 4. The molecule has 4 nitrogen and oxygen atoms in total. The molecule has 0 aromatic carbocycles. The maximum absolute atomic E-state index is 12.2. The minimum absolute atomic E-state index is 0.0399. The van der Waals surface area contributed by atoms with Crippen LogP contribution in [0, 0.1) is 56.7 Å². The molecule has 1 saturated heterocycles. The van der Waals surface area contributed by atoms with Gasteiger partial charge in [0.1, 0.15) is 6.10 Å². The summed E-state index contributed by atoms with van der Waals surface area (Å²) in [5, 5.41) is 0. The van der Waals surface area contributed by atoms with E-state index in [4.69, 9.17) is 13.9 Å². The topological polar surface area (TPSA) is 44.8 Å². The van der Waals surface area contributed by atoms with Gasteiger partial charge in [0.05, 0.1) is 18.3 Å². The van der Waals surface area contributed by atoms with Crippen LogP contribution >= 0.6 is 0 Å². The minimum atomic E-state index is -1.95. The zero-order valence-corrected chi connectivity index (χ0v) is 31.3. The average Bonchev–Trinajstić information content (AvgIpc) is 3.59. The lowest BCUT2D eigenvalue weighted by Gasteiger charge is -2.64. The van der Waals surface area contributed by atoms with E-state index in [1.807, 2.05) is 6.92 Å². The monoisotopic (exact) mass is 626 g/mol. The van der Waals surface area contributed by atoms with Crippen molar-refractivity contribution in [1.29, 1.82) is 0 Å². The van der Waals surface area contributed by atoms with Crippen LogP contribution in [-0.2, 0) is 18.7 Å². The van der Waals surface area contributed by atoms with Gasteiger partial charge in [0, 0.05) is 12.3 Å². The normalized spacial score (nSPS) is 49.4. The van der Waals surface area contributed by atoms with Gasteiger partial charge in [-0.15, -0.1) is 0 Å². The summed E-state index contributed by atoms with van der Waals surface area (Å²) in [5.74, 6) is 3.06. The van der Waals surface area contributed by atoms with E-state index in [9.17, 15) is 4.79 Å². The number of ether oxygens (including phenoxy) is 2. The lowest BCUT2D eigenvalue weighted by Crippen LogP contribution is -2.60. The van der Waals surface area contributed by atoms with Gasteiger partial charge in [0.25, 0.3) is 0 Å². The van der Waals surface area contributed by atoms with Crippen LogP contribution in [0.2, 0.25) is 18.1 Å². The molecule has 0 amide bonds. The Morgan fingerprint density at radius 3 is 2.14 bits per heavy atom. The summed E-state index contributed by atoms with van der Waals surface area (Å²) in [7, 11) is -1.95. The Bertz CT molecular complexity index is 1150. The maximum atomic E-state index is 12.2. The lowest BCUT2D eigenvalue weighted by atomic mass is 9.41. The summed E-state index contributed by atoms with van der Waals surface area (Å²) in [6, 6.07) is 3.49. The molecule has 1 heterocycles. The SMILES string of the molecule is C=C(C)[C@@H](OC(C)=O)[C@H]1C[C@@H](C)[C@H]2[C@H](O1)[C@H](O[Si](CC)(CC)CC)[C@@]1(C)[C@@H]3CC[C@H]4C(C)(C)[C@@H](C)CCC45C[C@@]35CC[C@]21C. The van der Waals surface area contributed by atoms with Crippen LogP contribution in [0.3, 0.4) is 0 Å². The van der Waals surface area contributed by atoms with E-state index in [0.717, 1.165) is 42.0 Å². The van der Waals surface area contributed by atoms with Crippen molar-refractivity contribution >= 4 is 14.3 Å². The van der Waals surface area contributed by atoms with Crippen LogP contribution < -0.4 is 0 Å². The molecule has 250 valence electrons. The highest BCUT2D eigenvalue weighted by molar-refractivity contribution is 6.73. The molecule has 44 heavy (non-hydrogen) atoms. The van der Waals surface area contributed by atoms with E-state index in [2.05, 4.69) is 68.9 Å². The first kappa shape index (κ1) is 33.3. The van der Waals surface area contributed by atoms with Gasteiger partial charge in [-0.3, -0.25) is 4.79 Å². The fraction of sp³-hybridized carbons (Fsp3) is 0.923. The smallest absolute Gasteiger partial charge is 0.303 e. The second-order valence-corrected chi connectivity index (χ2v) is 22.9. The molecule has 5 saturated carbocycles. The predicted molar refractivity (Wildman–Crippen MR) is 182 cm³/mol. The largest absolute Gasteiger partial charge is 0.455 e. The second kappa shape index (κ2) is 10.7. The van der Waals surface area contributed by atoms with E-state index in [1.165, 1.54) is 51.9 Å². The molecule has 2 spiro atoms. The molecule has 6 aliphatic rings. The first-order valence-electron chi connectivity index (χ1n) is 18.7. The zero-order chi connectivity index (χ0) is 32.3. The Morgan fingerprint density at radius 1 is 0.932 bits per heavy atom. The van der Waals surface area contributed by atoms with E-state index in [1.54, 1.807) is 0 Å². The van der Waals surface area contributed by atoms with Crippen LogP contribution in [-0.4, -0.2) is 38.7 Å². The molecule has 5 heteroatoms. The van der Waals surface area contributed by atoms with Crippen molar-refractivity contribution in [2.75, 3.05) is 0 Å². The first-order chi connectivity index (χ1) is 20.5. The Hall–Kier alpha value is -0.653. The number of carbonyl (C=O) groups excluding carboxylic acids is 1. The molecule has 6 fully saturated rings. The van der Waals surface area contributed by atoms with E-state index < -0.39 is 14.4 Å². The van der Waals surface area contributed by atoms with Gasteiger partial charge in [-0.2, -0.15) is 0 Å². The third-order valence-corrected chi connectivity index (χ3v) is 21.4. The molecule has 0 aromatic rings. The average molecular weight is 627 g/mol. The number of esters is 1. The summed E-state index contributed by atoms with van der Waals surface area (Å²) in [5.41, 5.74) is 2.58. The molecule has 5 aliphatic carbocycles. The highest BCUT2D eigenvalue weighted by Gasteiger charge is 2.84. The highest BCUT2D eigenvalue weighted by Crippen LogP contribution is 2.89. The highest BCUT2D eigenvalue weighted by atomic mass is 28.4. The second-order valence-electron chi connectivity index (χ2n) is 18.2. The van der Waals surface area contributed by atoms with Crippen molar-refractivity contribution in [3.63, 3.8) is 0 Å². The number of rotatable bonds is 8. The number of hydrogen-bond donors (Lipinski definition) is 0. The van der Waals surface area contributed by atoms with Gasteiger partial charge in [-0.05, 0) is 133 Å². The van der Waals surface area contributed by atoms with Crippen molar-refractivity contribution in [2.45, 2.75) is 170 Å². The van der Waals surface area contributed by atoms with Gasteiger partial charge in [-0.25, -0.2) is 0 Å². The quantitative estimate of drug-likeness (QED) is 0.153. The van der Waals surface area contributed by atoms with Gasteiger partial charge >= 0.3 is 5.97 Å². The first-order valence-corrected chi connectivity index (χ1v) is 21.2. The minimum Gasteiger partial charge on any atom is -0.455 e. The maximum Gasteiger partial charge on any atom is 0.303 e. The van der Waals surface area contributed by atoms with Gasteiger partial charge < -0.3 is 13.9 Å². The summed E-state index contributed by atoms with van der Waals surface area (Å²) < 4.78 is 21.1. The standard InChI is InChI=1S/C39H66O4Si/c1-13-44(14-2,15-3)43-34-33-31(25(6)22-28(42-33)32(24(4)5)41-27(8)40)36(11)20-21-39-23-38(39)19-18-26(7)35(9,10)29(38)16-17-30(39)37(34,36)12/h25-26,28-34H,4,13-23H2,1-3,5-12H3/t25-,26+,28-,29+,30+,31+,32-,33+,34+,36-,37-,38?,39+/m1/s1. The molecular formula is C39H66O4Si. The third-order valence-electron chi connectivity index (χ3n) is 16.8. The Balaban J connectivity index is 1.45. The van der Waals surface area contributed by atoms with Crippen LogP contribution in [0.1, 0.15) is 128 Å². The fourth-order valence-corrected chi connectivity index (χ4v) is 16.7. The Labute approximate surface area is 271 Å². The molecule has 0 bridgehead atoms. The van der Waals surface area contributed by atoms with Crippen LogP contribution in [0.25, 0.3) is 0 Å². The lowest BCUT2D eigenvalue weighted by molar-refractivity contribution is -0.181. The molecule has 1 aliphatic heterocycles. The van der Waals surface area contributed by atoms with Crippen molar-refractivity contribution in [3.8, 4) is 0 Å². The van der Waals surface area contributed by atoms with Crippen molar-refractivity contribution in [2.24, 2.45) is 56.7 Å². The molecule has 0 radical (unpaired) electrons. The molecule has 13 atom stereocenters.